The summed E-state index contributed by atoms with van der Waals surface area (Å²) in [5, 5.41) is 0. The second kappa shape index (κ2) is 8.76. The Balaban J connectivity index is 3.64. The fourth-order valence-corrected chi connectivity index (χ4v) is 1.26. The molecule has 72 valence electrons. The van der Waals surface area contributed by atoms with E-state index in [-0.39, 0.29) is 0 Å². The average molecular weight is 169 g/mol. The summed E-state index contributed by atoms with van der Waals surface area (Å²) in [6.45, 7) is 7.72. The lowest BCUT2D eigenvalue weighted by Crippen LogP contribution is -1.98. The molecule has 0 bridgehead atoms. The van der Waals surface area contributed by atoms with E-state index in [1.54, 1.807) is 0 Å². The van der Waals surface area contributed by atoms with Crippen LogP contribution in [0.4, 0.5) is 0 Å². The molecule has 0 aliphatic heterocycles. The lowest BCUT2D eigenvalue weighted by Gasteiger charge is -2.02. The van der Waals surface area contributed by atoms with Gasteiger partial charge >= 0.3 is 0 Å². The van der Waals surface area contributed by atoms with Gasteiger partial charge in [0.25, 0.3) is 0 Å². The molecule has 0 spiro atoms. The third-order valence-electron chi connectivity index (χ3n) is 1.92. The quantitative estimate of drug-likeness (QED) is 0.406. The number of hydrogen-bond donors (Lipinski definition) is 0. The molecule has 0 aromatic rings. The van der Waals surface area contributed by atoms with Gasteiger partial charge in [0.15, 0.2) is 0 Å². The maximum Gasteiger partial charge on any atom is 0.0388 e. The molecule has 0 aliphatic carbocycles. The van der Waals surface area contributed by atoms with Gasteiger partial charge in [0, 0.05) is 12.3 Å². The number of hydrogen-bond acceptors (Lipinski definition) is 1. The van der Waals surface area contributed by atoms with Crippen LogP contribution in [-0.4, -0.2) is 12.3 Å². The summed E-state index contributed by atoms with van der Waals surface area (Å²) in [5.74, 6) is 0. The van der Waals surface area contributed by atoms with Crippen molar-refractivity contribution < 1.29 is 0 Å². The number of unbranched alkanes of at least 4 members (excludes halogenated alkanes) is 1. The van der Waals surface area contributed by atoms with Gasteiger partial charge in [-0.05, 0) is 19.3 Å². The Morgan fingerprint density at radius 3 is 1.92 bits per heavy atom. The van der Waals surface area contributed by atoms with E-state index in [1.165, 1.54) is 44.2 Å². The second-order valence-corrected chi connectivity index (χ2v) is 3.30. The first-order chi connectivity index (χ1) is 5.85. The predicted octanol–water partition coefficient (Wildman–Crippen LogP) is 3.83. The molecule has 0 saturated carbocycles. The van der Waals surface area contributed by atoms with Gasteiger partial charge in [-0.15, -0.1) is 0 Å². The highest BCUT2D eigenvalue weighted by molar-refractivity contribution is 5.84. The average Bonchev–Trinajstić information content (AvgIpc) is 2.06. The normalized spacial score (nSPS) is 9.92. The van der Waals surface area contributed by atoms with Gasteiger partial charge in [0.1, 0.15) is 0 Å². The molecular weight excluding hydrogens is 146 g/mol. The van der Waals surface area contributed by atoms with Crippen LogP contribution < -0.4 is 0 Å². The molecule has 0 heterocycles. The highest BCUT2D eigenvalue weighted by Gasteiger charge is 1.95. The summed E-state index contributed by atoms with van der Waals surface area (Å²) in [6, 6.07) is 0. The summed E-state index contributed by atoms with van der Waals surface area (Å²) < 4.78 is 0. The summed E-state index contributed by atoms with van der Waals surface area (Å²) in [4.78, 5) is 4.61. The van der Waals surface area contributed by atoms with Gasteiger partial charge < -0.3 is 0 Å². The Hall–Kier alpha value is -0.330. The van der Waals surface area contributed by atoms with Crippen LogP contribution in [0.25, 0.3) is 0 Å². The fraction of sp³-hybridized carbons (Fsp3) is 0.909. The molecule has 0 radical (unpaired) electrons. The molecule has 0 aromatic heterocycles. The van der Waals surface area contributed by atoms with Crippen LogP contribution in [0.3, 0.4) is 0 Å². The van der Waals surface area contributed by atoms with E-state index < -0.39 is 0 Å². The summed E-state index contributed by atoms with van der Waals surface area (Å²) in [7, 11) is 0. The van der Waals surface area contributed by atoms with Gasteiger partial charge in [0.05, 0.1) is 0 Å². The summed E-state index contributed by atoms with van der Waals surface area (Å²) in [5.41, 5.74) is 1.44. The van der Waals surface area contributed by atoms with Crippen molar-refractivity contribution in [2.24, 2.45) is 4.99 Å². The standard InChI is InChI=1S/C11H23N/c1-4-7-10-12-11(8-5-2)9-6-3/h4-10H2,1-3H3. The minimum atomic E-state index is 1.05. The van der Waals surface area contributed by atoms with Crippen molar-refractivity contribution >= 4 is 5.71 Å². The van der Waals surface area contributed by atoms with Crippen molar-refractivity contribution in [3.63, 3.8) is 0 Å². The second-order valence-electron chi connectivity index (χ2n) is 3.30. The zero-order valence-electron chi connectivity index (χ0n) is 8.90. The maximum atomic E-state index is 4.61. The smallest absolute Gasteiger partial charge is 0.0388 e. The molecule has 0 aliphatic rings. The van der Waals surface area contributed by atoms with E-state index in [0.29, 0.717) is 0 Å². The third-order valence-corrected chi connectivity index (χ3v) is 1.92. The van der Waals surface area contributed by atoms with Crippen molar-refractivity contribution in [2.75, 3.05) is 6.54 Å². The van der Waals surface area contributed by atoms with Crippen LogP contribution >= 0.6 is 0 Å². The maximum absolute atomic E-state index is 4.61. The van der Waals surface area contributed by atoms with E-state index in [4.69, 9.17) is 0 Å². The highest BCUT2D eigenvalue weighted by atomic mass is 14.7. The zero-order chi connectivity index (χ0) is 9.23. The number of nitrogens with zero attached hydrogens (tertiary/aromatic N) is 1. The first-order valence-corrected chi connectivity index (χ1v) is 5.37. The van der Waals surface area contributed by atoms with E-state index in [1.807, 2.05) is 0 Å². The van der Waals surface area contributed by atoms with Crippen molar-refractivity contribution in [1.29, 1.82) is 0 Å². The monoisotopic (exact) mass is 169 g/mol. The molecule has 0 unspecified atom stereocenters. The highest BCUT2D eigenvalue weighted by Crippen LogP contribution is 2.01. The number of aliphatic imine (C=N–C) groups is 1. The Morgan fingerprint density at radius 2 is 1.50 bits per heavy atom. The predicted molar refractivity (Wildman–Crippen MR) is 57.0 cm³/mol. The minimum Gasteiger partial charge on any atom is -0.294 e. The van der Waals surface area contributed by atoms with Crippen LogP contribution in [0, 0.1) is 0 Å². The summed E-state index contributed by atoms with van der Waals surface area (Å²) >= 11 is 0. The van der Waals surface area contributed by atoms with Gasteiger partial charge in [0.2, 0.25) is 0 Å². The first-order valence-electron chi connectivity index (χ1n) is 5.37. The summed E-state index contributed by atoms with van der Waals surface area (Å²) in [6.07, 6.45) is 7.40. The fourth-order valence-electron chi connectivity index (χ4n) is 1.26. The molecular formula is C11H23N. The Morgan fingerprint density at radius 1 is 0.917 bits per heavy atom. The Labute approximate surface area is 77.3 Å². The van der Waals surface area contributed by atoms with Crippen molar-refractivity contribution in [3.8, 4) is 0 Å². The van der Waals surface area contributed by atoms with Crippen molar-refractivity contribution in [1.82, 2.24) is 0 Å². The molecule has 0 aromatic carbocycles. The van der Waals surface area contributed by atoms with E-state index >= 15 is 0 Å². The molecule has 0 rings (SSSR count). The van der Waals surface area contributed by atoms with E-state index in [2.05, 4.69) is 25.8 Å². The minimum absolute atomic E-state index is 1.05. The van der Waals surface area contributed by atoms with Crippen LogP contribution in [0.1, 0.15) is 59.3 Å². The third kappa shape index (κ3) is 6.38. The van der Waals surface area contributed by atoms with Gasteiger partial charge in [-0.2, -0.15) is 0 Å². The first kappa shape index (κ1) is 11.7. The van der Waals surface area contributed by atoms with Crippen LogP contribution in [0.5, 0.6) is 0 Å². The Bertz CT molecular complexity index is 108. The molecule has 1 heteroatoms. The van der Waals surface area contributed by atoms with Gasteiger partial charge in [-0.3, -0.25) is 4.99 Å². The zero-order valence-corrected chi connectivity index (χ0v) is 8.90. The molecule has 12 heavy (non-hydrogen) atoms. The SMILES string of the molecule is CCCCN=C(CCC)CCC. The van der Waals surface area contributed by atoms with Crippen LogP contribution in [-0.2, 0) is 0 Å². The van der Waals surface area contributed by atoms with E-state index in [9.17, 15) is 0 Å². The lowest BCUT2D eigenvalue weighted by molar-refractivity contribution is 0.795. The van der Waals surface area contributed by atoms with Gasteiger partial charge in [-0.1, -0.05) is 40.0 Å². The van der Waals surface area contributed by atoms with E-state index in [0.717, 1.165) is 6.54 Å². The number of rotatable bonds is 7. The molecule has 0 N–H and O–H groups in total. The molecule has 0 fully saturated rings. The molecule has 0 atom stereocenters. The van der Waals surface area contributed by atoms with Crippen molar-refractivity contribution in [2.45, 2.75) is 59.3 Å². The van der Waals surface area contributed by atoms with Crippen molar-refractivity contribution in [3.05, 3.63) is 0 Å². The molecule has 0 amide bonds. The topological polar surface area (TPSA) is 12.4 Å². The lowest BCUT2D eigenvalue weighted by atomic mass is 10.1. The largest absolute Gasteiger partial charge is 0.294 e. The molecule has 0 saturated heterocycles. The van der Waals surface area contributed by atoms with Gasteiger partial charge in [-0.25, -0.2) is 0 Å². The van der Waals surface area contributed by atoms with Crippen LogP contribution in [0.15, 0.2) is 4.99 Å². The Kier molecular flexibility index (Phi) is 8.52. The molecule has 1 nitrogen and oxygen atoms in total. The van der Waals surface area contributed by atoms with Crippen LogP contribution in [0.2, 0.25) is 0 Å².